The fraction of sp³-hybridized carbons (Fsp3) is 0.500. The van der Waals surface area contributed by atoms with Gasteiger partial charge in [-0.25, -0.2) is 0 Å². The number of benzene rings is 1. The third-order valence-electron chi connectivity index (χ3n) is 4.61. The predicted molar refractivity (Wildman–Crippen MR) is 97.9 cm³/mol. The molecule has 0 radical (unpaired) electrons. The van der Waals surface area contributed by atoms with Crippen LogP contribution in [-0.2, 0) is 4.79 Å². The summed E-state index contributed by atoms with van der Waals surface area (Å²) in [5, 5.41) is 5.68. The van der Waals surface area contributed by atoms with E-state index in [1.807, 2.05) is 0 Å². The molecule has 3 N–H and O–H groups in total. The van der Waals surface area contributed by atoms with E-state index in [9.17, 15) is 9.59 Å². The molecule has 25 heavy (non-hydrogen) atoms. The summed E-state index contributed by atoms with van der Waals surface area (Å²) in [7, 11) is 0. The number of carbonyl (C=O) groups is 2. The molecule has 1 aliphatic rings. The third-order valence-corrected chi connectivity index (χ3v) is 4.80. The number of rotatable bonds is 6. The first-order valence-electron chi connectivity index (χ1n) is 8.79. The zero-order valence-electron chi connectivity index (χ0n) is 14.1. The van der Waals surface area contributed by atoms with E-state index in [0.29, 0.717) is 36.6 Å². The molecule has 0 bridgehead atoms. The number of nitrogens with one attached hydrogen (secondary N) is 3. The van der Waals surface area contributed by atoms with E-state index in [1.54, 1.807) is 18.2 Å². The molecule has 1 aromatic carbocycles. The molecule has 1 fully saturated rings. The van der Waals surface area contributed by atoms with Crippen molar-refractivity contribution in [3.8, 4) is 0 Å². The summed E-state index contributed by atoms with van der Waals surface area (Å²) in [6.07, 6.45) is 6.67. The Balaban J connectivity index is 1.40. The van der Waals surface area contributed by atoms with Crippen LogP contribution in [0.3, 0.4) is 0 Å². The van der Waals surface area contributed by atoms with Gasteiger partial charge >= 0.3 is 0 Å². The Bertz CT molecular complexity index is 805. The minimum atomic E-state index is -0.203. The van der Waals surface area contributed by atoms with Crippen LogP contribution in [-0.4, -0.2) is 29.9 Å². The SMILES string of the molecule is O=C(CC1CCCCC1)NCCNC(=O)c1ccc2[nH]c(=S)oc2c1. The lowest BCUT2D eigenvalue weighted by Crippen LogP contribution is -2.35. The predicted octanol–water partition coefficient (Wildman–Crippen LogP) is 3.31. The topological polar surface area (TPSA) is 87.1 Å². The quantitative estimate of drug-likeness (QED) is 0.544. The van der Waals surface area contributed by atoms with Gasteiger partial charge in [0.2, 0.25) is 5.91 Å². The van der Waals surface area contributed by atoms with Crippen LogP contribution in [0.4, 0.5) is 0 Å². The van der Waals surface area contributed by atoms with Crippen molar-refractivity contribution in [2.24, 2.45) is 5.92 Å². The van der Waals surface area contributed by atoms with Gasteiger partial charge in [-0.3, -0.25) is 9.59 Å². The third kappa shape index (κ3) is 4.92. The van der Waals surface area contributed by atoms with Crippen LogP contribution < -0.4 is 10.6 Å². The highest BCUT2D eigenvalue weighted by atomic mass is 32.1. The molecule has 2 aromatic rings. The van der Waals surface area contributed by atoms with E-state index in [2.05, 4.69) is 15.6 Å². The van der Waals surface area contributed by atoms with E-state index in [-0.39, 0.29) is 16.7 Å². The Morgan fingerprint density at radius 1 is 1.16 bits per heavy atom. The molecule has 0 unspecified atom stereocenters. The lowest BCUT2D eigenvalue weighted by atomic mass is 9.87. The molecule has 1 aromatic heterocycles. The van der Waals surface area contributed by atoms with Crippen LogP contribution >= 0.6 is 12.2 Å². The average molecular weight is 361 g/mol. The summed E-state index contributed by atoms with van der Waals surface area (Å²) in [5.41, 5.74) is 1.81. The molecule has 134 valence electrons. The second-order valence-corrected chi connectivity index (χ2v) is 6.91. The number of carbonyl (C=O) groups excluding carboxylic acids is 2. The number of hydrogen-bond donors (Lipinski definition) is 3. The Kier molecular flexibility index (Phi) is 5.86. The maximum atomic E-state index is 12.2. The Morgan fingerprint density at radius 2 is 1.92 bits per heavy atom. The standard InChI is InChI=1S/C18H23N3O3S/c22-16(10-12-4-2-1-3-5-12)19-8-9-20-17(23)13-6-7-14-15(11-13)24-18(25)21-14/h6-7,11-12H,1-5,8-10H2,(H,19,22)(H,20,23)(H,21,25). The van der Waals surface area contributed by atoms with E-state index in [0.717, 1.165) is 18.4 Å². The van der Waals surface area contributed by atoms with E-state index in [1.165, 1.54) is 19.3 Å². The summed E-state index contributed by atoms with van der Waals surface area (Å²) in [6.45, 7) is 0.828. The summed E-state index contributed by atoms with van der Waals surface area (Å²) >= 11 is 4.93. The number of aromatic nitrogens is 1. The fourth-order valence-electron chi connectivity index (χ4n) is 3.29. The lowest BCUT2D eigenvalue weighted by Gasteiger charge is -2.20. The van der Waals surface area contributed by atoms with Crippen LogP contribution in [0.1, 0.15) is 48.9 Å². The molecule has 0 atom stereocenters. The molecular weight excluding hydrogens is 338 g/mol. The van der Waals surface area contributed by atoms with Gasteiger partial charge in [-0.2, -0.15) is 0 Å². The van der Waals surface area contributed by atoms with Gasteiger partial charge in [-0.15, -0.1) is 0 Å². The summed E-state index contributed by atoms with van der Waals surface area (Å²) in [6, 6.07) is 5.12. The minimum absolute atomic E-state index is 0.0756. The van der Waals surface area contributed by atoms with Gasteiger partial charge in [0.25, 0.3) is 10.7 Å². The van der Waals surface area contributed by atoms with Crippen LogP contribution in [0.2, 0.25) is 0 Å². The highest BCUT2D eigenvalue weighted by Crippen LogP contribution is 2.25. The first kappa shape index (κ1) is 17.7. The molecule has 3 rings (SSSR count). The number of H-pyrrole nitrogens is 1. The highest BCUT2D eigenvalue weighted by molar-refractivity contribution is 7.71. The number of fused-ring (bicyclic) bond motifs is 1. The zero-order chi connectivity index (χ0) is 17.6. The van der Waals surface area contributed by atoms with Gasteiger partial charge in [0.05, 0.1) is 5.52 Å². The normalized spacial score (nSPS) is 15.2. The lowest BCUT2D eigenvalue weighted by molar-refractivity contribution is -0.122. The molecule has 2 amide bonds. The highest BCUT2D eigenvalue weighted by Gasteiger charge is 2.16. The van der Waals surface area contributed by atoms with E-state index in [4.69, 9.17) is 16.6 Å². The van der Waals surface area contributed by atoms with Crippen LogP contribution in [0.5, 0.6) is 0 Å². The molecule has 1 saturated carbocycles. The molecule has 6 nitrogen and oxygen atoms in total. The monoisotopic (exact) mass is 361 g/mol. The van der Waals surface area contributed by atoms with Crippen molar-refractivity contribution in [2.45, 2.75) is 38.5 Å². The number of oxazole rings is 1. The van der Waals surface area contributed by atoms with Crippen LogP contribution in [0, 0.1) is 10.8 Å². The van der Waals surface area contributed by atoms with Gasteiger partial charge in [-0.05, 0) is 49.2 Å². The van der Waals surface area contributed by atoms with E-state index < -0.39 is 0 Å². The van der Waals surface area contributed by atoms with Crippen molar-refractivity contribution in [1.82, 2.24) is 15.6 Å². The van der Waals surface area contributed by atoms with Crippen molar-refractivity contribution in [3.63, 3.8) is 0 Å². The van der Waals surface area contributed by atoms with Crippen LogP contribution in [0.25, 0.3) is 11.1 Å². The second kappa shape index (κ2) is 8.29. The van der Waals surface area contributed by atoms with Gasteiger partial charge in [-0.1, -0.05) is 19.3 Å². The minimum Gasteiger partial charge on any atom is -0.429 e. The molecule has 0 aliphatic heterocycles. The van der Waals surface area contributed by atoms with Gasteiger partial charge in [0.15, 0.2) is 5.58 Å². The van der Waals surface area contributed by atoms with Gasteiger partial charge in [0, 0.05) is 25.1 Å². The summed E-state index contributed by atoms with van der Waals surface area (Å²) in [4.78, 5) is 27.3. The summed E-state index contributed by atoms with van der Waals surface area (Å²) in [5.74, 6) is 0.395. The first-order chi connectivity index (χ1) is 12.1. The second-order valence-electron chi connectivity index (χ2n) is 6.54. The fourth-order valence-corrected chi connectivity index (χ4v) is 3.49. The van der Waals surface area contributed by atoms with Crippen molar-refractivity contribution >= 4 is 35.1 Å². The average Bonchev–Trinajstić information content (AvgIpc) is 2.98. The van der Waals surface area contributed by atoms with Crippen LogP contribution in [0.15, 0.2) is 22.6 Å². The van der Waals surface area contributed by atoms with Gasteiger partial charge < -0.3 is 20.0 Å². The van der Waals surface area contributed by atoms with Crippen molar-refractivity contribution in [2.75, 3.05) is 13.1 Å². The van der Waals surface area contributed by atoms with Crippen molar-refractivity contribution in [3.05, 3.63) is 28.6 Å². The van der Waals surface area contributed by atoms with E-state index >= 15 is 0 Å². The number of aromatic amines is 1. The number of hydrogen-bond acceptors (Lipinski definition) is 4. The largest absolute Gasteiger partial charge is 0.429 e. The van der Waals surface area contributed by atoms with Crippen molar-refractivity contribution in [1.29, 1.82) is 0 Å². The summed E-state index contributed by atoms with van der Waals surface area (Å²) < 4.78 is 5.31. The zero-order valence-corrected chi connectivity index (χ0v) is 14.9. The Labute approximate surface area is 151 Å². The maximum absolute atomic E-state index is 12.2. The molecule has 1 aliphatic carbocycles. The van der Waals surface area contributed by atoms with Gasteiger partial charge in [0.1, 0.15) is 0 Å². The van der Waals surface area contributed by atoms with Crippen molar-refractivity contribution < 1.29 is 14.0 Å². The Morgan fingerprint density at radius 3 is 2.72 bits per heavy atom. The molecule has 0 spiro atoms. The molecule has 0 saturated heterocycles. The molecular formula is C18H23N3O3S. The number of amides is 2. The smallest absolute Gasteiger partial charge is 0.266 e. The maximum Gasteiger partial charge on any atom is 0.266 e. The molecule has 7 heteroatoms. The first-order valence-corrected chi connectivity index (χ1v) is 9.20. The Hall–Kier alpha value is -2.15. The molecule has 1 heterocycles.